The first-order chi connectivity index (χ1) is 13.7. The zero-order valence-electron chi connectivity index (χ0n) is 18.4. The molecular weight excluding hydrogens is 366 g/mol. The molecule has 2 aliphatic heterocycles. The Balaban J connectivity index is 1.73. The number of piperidine rings is 1. The maximum Gasteiger partial charge on any atom is 0.410 e. The van der Waals surface area contributed by atoms with Crippen molar-refractivity contribution in [3.05, 3.63) is 23.0 Å². The molecule has 0 unspecified atom stereocenters. The molecule has 7 heteroatoms. The van der Waals surface area contributed by atoms with Crippen molar-refractivity contribution >= 4 is 17.6 Å². The number of fused-ring (bicyclic) bond motifs is 1. The number of hydrogen-bond donors (Lipinski definition) is 0. The first kappa shape index (κ1) is 20.0. The Labute approximate surface area is 173 Å². The van der Waals surface area contributed by atoms with E-state index in [1.165, 1.54) is 18.4 Å². The normalized spacial score (nSPS) is 20.5. The van der Waals surface area contributed by atoms with Crippen LogP contribution in [0.5, 0.6) is 0 Å². The van der Waals surface area contributed by atoms with Crippen molar-refractivity contribution in [1.29, 1.82) is 0 Å². The molecule has 7 nitrogen and oxygen atoms in total. The first-order valence-corrected chi connectivity index (χ1v) is 10.9. The lowest BCUT2D eigenvalue weighted by molar-refractivity contribution is 0.00898. The summed E-state index contributed by atoms with van der Waals surface area (Å²) in [5.41, 5.74) is 3.49. The summed E-state index contributed by atoms with van der Waals surface area (Å²) in [6, 6.07) is 1.99. The van der Waals surface area contributed by atoms with Crippen LogP contribution in [-0.2, 0) is 4.74 Å². The van der Waals surface area contributed by atoms with Gasteiger partial charge in [-0.1, -0.05) is 0 Å². The average Bonchev–Trinajstić information content (AvgIpc) is 3.31. The van der Waals surface area contributed by atoms with E-state index in [1.807, 2.05) is 30.2 Å². The molecule has 4 rings (SSSR count). The maximum atomic E-state index is 12.8. The second kappa shape index (κ2) is 7.50. The highest BCUT2D eigenvalue weighted by atomic mass is 16.6. The number of amides is 1. The minimum absolute atomic E-state index is 0.0626. The first-order valence-electron chi connectivity index (χ1n) is 10.9. The van der Waals surface area contributed by atoms with Gasteiger partial charge in [-0.2, -0.15) is 9.61 Å². The van der Waals surface area contributed by atoms with Gasteiger partial charge < -0.3 is 9.64 Å². The van der Waals surface area contributed by atoms with Crippen LogP contribution in [0.4, 0.5) is 10.6 Å². The van der Waals surface area contributed by atoms with Crippen molar-refractivity contribution in [2.24, 2.45) is 0 Å². The number of aromatic nitrogens is 3. The molecule has 2 fully saturated rings. The summed E-state index contributed by atoms with van der Waals surface area (Å²) < 4.78 is 7.67. The van der Waals surface area contributed by atoms with Crippen LogP contribution in [0.1, 0.15) is 75.9 Å². The van der Waals surface area contributed by atoms with E-state index >= 15 is 0 Å². The molecule has 0 bridgehead atoms. The number of carbonyl (C=O) groups is 1. The molecule has 0 aromatic carbocycles. The molecule has 2 aliphatic rings. The number of aryl methyl sites for hydroxylation is 1. The van der Waals surface area contributed by atoms with Gasteiger partial charge in [0.2, 0.25) is 0 Å². The van der Waals surface area contributed by atoms with E-state index in [0.29, 0.717) is 6.54 Å². The van der Waals surface area contributed by atoms with Crippen LogP contribution in [0.2, 0.25) is 0 Å². The third kappa shape index (κ3) is 3.91. The lowest BCUT2D eigenvalue weighted by atomic mass is 10.00. The van der Waals surface area contributed by atoms with Crippen LogP contribution in [0, 0.1) is 13.8 Å². The summed E-state index contributed by atoms with van der Waals surface area (Å²) in [5.74, 6) is 1.15. The summed E-state index contributed by atoms with van der Waals surface area (Å²) in [7, 11) is 0. The van der Waals surface area contributed by atoms with Crippen molar-refractivity contribution < 1.29 is 9.53 Å². The van der Waals surface area contributed by atoms with E-state index in [2.05, 4.69) is 24.8 Å². The molecule has 4 heterocycles. The standard InChI is InChI=1S/C22H33N5O2/c1-15-16(2)23-19-14-17(24-27(19)20(15)25-11-8-9-12-25)18-10-6-7-13-26(18)21(28)29-22(3,4)5/h14,18H,6-13H2,1-5H3/t18-/m0/s1. The minimum Gasteiger partial charge on any atom is -0.444 e. The van der Waals surface area contributed by atoms with Crippen LogP contribution < -0.4 is 4.90 Å². The highest BCUT2D eigenvalue weighted by Gasteiger charge is 2.33. The predicted octanol–water partition coefficient (Wildman–Crippen LogP) is 4.41. The number of likely N-dealkylation sites (tertiary alicyclic amines) is 1. The summed E-state index contributed by atoms with van der Waals surface area (Å²) in [4.78, 5) is 21.9. The highest BCUT2D eigenvalue weighted by molar-refractivity contribution is 5.69. The van der Waals surface area contributed by atoms with Gasteiger partial charge in [-0.3, -0.25) is 4.90 Å². The fourth-order valence-electron chi connectivity index (χ4n) is 4.44. The SMILES string of the molecule is Cc1nc2cc([C@@H]3CCCCN3C(=O)OC(C)(C)C)nn2c(N2CCCC2)c1C. The van der Waals surface area contributed by atoms with E-state index in [1.54, 1.807) is 0 Å². The number of carbonyl (C=O) groups excluding carboxylic acids is 1. The minimum atomic E-state index is -0.503. The molecule has 0 saturated carbocycles. The molecule has 2 aromatic heterocycles. The lowest BCUT2D eigenvalue weighted by Crippen LogP contribution is -2.42. The van der Waals surface area contributed by atoms with Gasteiger partial charge in [0.05, 0.1) is 11.7 Å². The summed E-state index contributed by atoms with van der Waals surface area (Å²) in [6.07, 6.45) is 5.16. The average molecular weight is 400 g/mol. The van der Waals surface area contributed by atoms with E-state index in [4.69, 9.17) is 14.8 Å². The number of nitrogens with zero attached hydrogens (tertiary/aromatic N) is 5. The van der Waals surface area contributed by atoms with Gasteiger partial charge in [0.1, 0.15) is 11.4 Å². The topological polar surface area (TPSA) is 63.0 Å². The Morgan fingerprint density at radius 1 is 1.10 bits per heavy atom. The van der Waals surface area contributed by atoms with E-state index < -0.39 is 5.60 Å². The van der Waals surface area contributed by atoms with Gasteiger partial charge in [0.15, 0.2) is 5.65 Å². The fraction of sp³-hybridized carbons (Fsp3) is 0.682. The molecule has 2 aromatic rings. The maximum absolute atomic E-state index is 12.8. The lowest BCUT2D eigenvalue weighted by Gasteiger charge is -2.35. The molecule has 1 atom stereocenters. The van der Waals surface area contributed by atoms with Crippen molar-refractivity contribution in [2.45, 2.75) is 78.4 Å². The quantitative estimate of drug-likeness (QED) is 0.749. The monoisotopic (exact) mass is 399 g/mol. The van der Waals surface area contributed by atoms with Gasteiger partial charge >= 0.3 is 6.09 Å². The van der Waals surface area contributed by atoms with Crippen molar-refractivity contribution in [3.63, 3.8) is 0 Å². The van der Waals surface area contributed by atoms with Crippen LogP contribution in [0.15, 0.2) is 6.07 Å². The number of ether oxygens (including phenoxy) is 1. The van der Waals surface area contributed by atoms with Crippen molar-refractivity contribution in [2.75, 3.05) is 24.5 Å². The summed E-state index contributed by atoms with van der Waals surface area (Å²) in [6.45, 7) is 12.7. The van der Waals surface area contributed by atoms with Gasteiger partial charge in [-0.25, -0.2) is 9.78 Å². The molecular formula is C22H33N5O2. The van der Waals surface area contributed by atoms with Gasteiger partial charge in [-0.15, -0.1) is 0 Å². The number of hydrogen-bond acceptors (Lipinski definition) is 5. The van der Waals surface area contributed by atoms with Crippen LogP contribution in [-0.4, -0.2) is 50.8 Å². The van der Waals surface area contributed by atoms with Gasteiger partial charge in [-0.05, 0) is 66.7 Å². The molecule has 2 saturated heterocycles. The van der Waals surface area contributed by atoms with Gasteiger partial charge in [0, 0.05) is 37.0 Å². The zero-order chi connectivity index (χ0) is 20.8. The van der Waals surface area contributed by atoms with Gasteiger partial charge in [0.25, 0.3) is 0 Å². The van der Waals surface area contributed by atoms with E-state index in [0.717, 1.165) is 55.2 Å². The van der Waals surface area contributed by atoms with E-state index in [9.17, 15) is 4.79 Å². The van der Waals surface area contributed by atoms with E-state index in [-0.39, 0.29) is 12.1 Å². The molecule has 0 spiro atoms. The Bertz CT molecular complexity index is 908. The predicted molar refractivity (Wildman–Crippen MR) is 113 cm³/mol. The second-order valence-corrected chi connectivity index (χ2v) is 9.36. The van der Waals surface area contributed by atoms with Crippen molar-refractivity contribution in [3.8, 4) is 0 Å². The molecule has 0 aliphatic carbocycles. The highest BCUT2D eigenvalue weighted by Crippen LogP contribution is 2.34. The Kier molecular flexibility index (Phi) is 5.17. The molecule has 1 amide bonds. The van der Waals surface area contributed by atoms with Crippen LogP contribution in [0.25, 0.3) is 5.65 Å². The second-order valence-electron chi connectivity index (χ2n) is 9.36. The Hall–Kier alpha value is -2.31. The summed E-state index contributed by atoms with van der Waals surface area (Å²) in [5, 5.41) is 4.98. The molecule has 29 heavy (non-hydrogen) atoms. The third-order valence-electron chi connectivity index (χ3n) is 5.95. The third-order valence-corrected chi connectivity index (χ3v) is 5.95. The fourth-order valence-corrected chi connectivity index (χ4v) is 4.44. The smallest absolute Gasteiger partial charge is 0.410 e. The molecule has 158 valence electrons. The van der Waals surface area contributed by atoms with Crippen LogP contribution in [0.3, 0.4) is 0 Å². The number of rotatable bonds is 2. The molecule has 0 radical (unpaired) electrons. The summed E-state index contributed by atoms with van der Waals surface area (Å²) >= 11 is 0. The Morgan fingerprint density at radius 3 is 2.48 bits per heavy atom. The zero-order valence-corrected chi connectivity index (χ0v) is 18.4. The van der Waals surface area contributed by atoms with Crippen LogP contribution >= 0.6 is 0 Å². The van der Waals surface area contributed by atoms with Crippen molar-refractivity contribution in [1.82, 2.24) is 19.5 Å². The number of anilines is 1. The molecule has 0 N–H and O–H groups in total. The Morgan fingerprint density at radius 2 is 1.79 bits per heavy atom. The largest absolute Gasteiger partial charge is 0.444 e.